The summed E-state index contributed by atoms with van der Waals surface area (Å²) in [4.78, 5) is 16.9. The van der Waals surface area contributed by atoms with Crippen LogP contribution < -0.4 is 14.8 Å². The summed E-state index contributed by atoms with van der Waals surface area (Å²) in [6.45, 7) is 0. The third kappa shape index (κ3) is 3.01. The number of rotatable bonds is 4. The van der Waals surface area contributed by atoms with Gasteiger partial charge in [0, 0.05) is 18.0 Å². The molecule has 0 saturated carbocycles. The van der Waals surface area contributed by atoms with Crippen molar-refractivity contribution < 1.29 is 18.7 Å². The van der Waals surface area contributed by atoms with E-state index in [4.69, 9.17) is 9.47 Å². The number of anilines is 1. The molecule has 0 fully saturated rings. The normalized spacial score (nSPS) is 15.8. The quantitative estimate of drug-likeness (QED) is 0.766. The summed E-state index contributed by atoms with van der Waals surface area (Å²) < 4.78 is 25.6. The van der Waals surface area contributed by atoms with Gasteiger partial charge in [-0.3, -0.25) is 9.36 Å². The summed E-state index contributed by atoms with van der Waals surface area (Å²) in [6.07, 6.45) is 1.92. The Morgan fingerprint density at radius 1 is 1.11 bits per heavy atom. The Bertz CT molecular complexity index is 998. The monoisotopic (exact) mass is 367 g/mol. The van der Waals surface area contributed by atoms with Crippen LogP contribution in [0.25, 0.3) is 5.69 Å². The number of imidazole rings is 1. The molecule has 1 atom stereocenters. The van der Waals surface area contributed by atoms with Gasteiger partial charge in [-0.25, -0.2) is 9.37 Å². The number of nitrogens with zero attached hydrogens (tertiary/aromatic N) is 2. The molecule has 0 bridgehead atoms. The van der Waals surface area contributed by atoms with Crippen LogP contribution in [0.15, 0.2) is 48.8 Å². The second-order valence-corrected chi connectivity index (χ2v) is 6.24. The Morgan fingerprint density at radius 2 is 1.85 bits per heavy atom. The van der Waals surface area contributed by atoms with Gasteiger partial charge < -0.3 is 14.8 Å². The lowest BCUT2D eigenvalue weighted by Gasteiger charge is -2.24. The van der Waals surface area contributed by atoms with Crippen LogP contribution in [0.4, 0.5) is 10.2 Å². The number of halogens is 1. The minimum absolute atomic E-state index is 0.105. The fourth-order valence-corrected chi connectivity index (χ4v) is 3.35. The Balaban J connectivity index is 1.78. The fraction of sp³-hybridized carbons (Fsp3) is 0.200. The molecule has 138 valence electrons. The van der Waals surface area contributed by atoms with E-state index in [1.807, 2.05) is 18.2 Å². The molecule has 27 heavy (non-hydrogen) atoms. The first kappa shape index (κ1) is 17.1. The number of aromatic nitrogens is 2. The van der Waals surface area contributed by atoms with Crippen LogP contribution in [-0.2, 0) is 4.79 Å². The number of ether oxygens (including phenoxy) is 2. The van der Waals surface area contributed by atoms with Crippen molar-refractivity contribution in [1.82, 2.24) is 9.55 Å². The zero-order valence-electron chi connectivity index (χ0n) is 14.9. The van der Waals surface area contributed by atoms with Gasteiger partial charge in [0.15, 0.2) is 11.5 Å². The lowest BCUT2D eigenvalue weighted by atomic mass is 9.89. The molecule has 1 aromatic heterocycles. The number of nitrogens with one attached hydrogen (secondary N) is 1. The highest BCUT2D eigenvalue weighted by atomic mass is 19.1. The molecule has 0 unspecified atom stereocenters. The summed E-state index contributed by atoms with van der Waals surface area (Å²) in [5, 5.41) is 2.88. The minimum Gasteiger partial charge on any atom is -0.493 e. The zero-order valence-corrected chi connectivity index (χ0v) is 14.9. The van der Waals surface area contributed by atoms with Gasteiger partial charge in [0.05, 0.1) is 19.9 Å². The second kappa shape index (κ2) is 6.75. The first-order valence-electron chi connectivity index (χ1n) is 8.45. The van der Waals surface area contributed by atoms with E-state index in [9.17, 15) is 9.18 Å². The minimum atomic E-state index is -0.319. The second-order valence-electron chi connectivity index (χ2n) is 6.24. The molecular formula is C20H18FN3O3. The van der Waals surface area contributed by atoms with Gasteiger partial charge in [-0.15, -0.1) is 0 Å². The maximum Gasteiger partial charge on any atom is 0.226 e. The van der Waals surface area contributed by atoms with Crippen molar-refractivity contribution in [2.24, 2.45) is 0 Å². The van der Waals surface area contributed by atoms with Crippen molar-refractivity contribution in [2.45, 2.75) is 12.3 Å². The number of carbonyl (C=O) groups is 1. The van der Waals surface area contributed by atoms with E-state index < -0.39 is 0 Å². The number of benzene rings is 2. The van der Waals surface area contributed by atoms with Crippen molar-refractivity contribution in [3.8, 4) is 17.2 Å². The highest BCUT2D eigenvalue weighted by molar-refractivity contribution is 5.94. The first-order chi connectivity index (χ1) is 13.1. The standard InChI is InChI=1S/C20H18FN3O3/c1-26-16-8-3-12(9-17(16)27-2)15-10-18(25)23-20-19(15)22-11-24(20)14-6-4-13(21)5-7-14/h3-9,11,15H,10H2,1-2H3,(H,23,25)/t15-/m1/s1. The number of carbonyl (C=O) groups excluding carboxylic acids is 1. The fourth-order valence-electron chi connectivity index (χ4n) is 3.35. The average molecular weight is 367 g/mol. The van der Waals surface area contributed by atoms with E-state index in [1.54, 1.807) is 37.2 Å². The third-order valence-electron chi connectivity index (χ3n) is 4.69. The van der Waals surface area contributed by atoms with E-state index in [0.29, 0.717) is 17.3 Å². The smallest absolute Gasteiger partial charge is 0.226 e. The molecule has 0 aliphatic carbocycles. The van der Waals surface area contributed by atoms with Crippen molar-refractivity contribution in [3.63, 3.8) is 0 Å². The van der Waals surface area contributed by atoms with Crippen LogP contribution in [0.3, 0.4) is 0 Å². The molecule has 1 N–H and O–H groups in total. The van der Waals surface area contributed by atoms with Gasteiger partial charge >= 0.3 is 0 Å². The summed E-state index contributed by atoms with van der Waals surface area (Å²) in [5.41, 5.74) is 2.39. The van der Waals surface area contributed by atoms with E-state index in [1.165, 1.54) is 12.1 Å². The summed E-state index contributed by atoms with van der Waals surface area (Å²) in [7, 11) is 3.15. The SMILES string of the molecule is COc1ccc([C@H]2CC(=O)Nc3c2ncn3-c2ccc(F)cc2)cc1OC. The third-order valence-corrected chi connectivity index (χ3v) is 4.69. The molecule has 1 amide bonds. The van der Waals surface area contributed by atoms with E-state index >= 15 is 0 Å². The number of methoxy groups -OCH3 is 2. The molecule has 6 nitrogen and oxygen atoms in total. The summed E-state index contributed by atoms with van der Waals surface area (Å²) in [6, 6.07) is 11.6. The Kier molecular flexibility index (Phi) is 4.27. The Hall–Kier alpha value is -3.35. The molecule has 1 aliphatic rings. The van der Waals surface area contributed by atoms with Crippen LogP contribution in [0.5, 0.6) is 11.5 Å². The average Bonchev–Trinajstić information content (AvgIpc) is 3.11. The van der Waals surface area contributed by atoms with Gasteiger partial charge in [-0.2, -0.15) is 0 Å². The molecule has 2 aromatic carbocycles. The molecule has 1 aliphatic heterocycles. The van der Waals surface area contributed by atoms with Crippen LogP contribution in [-0.4, -0.2) is 29.7 Å². The van der Waals surface area contributed by atoms with Crippen LogP contribution in [0.2, 0.25) is 0 Å². The molecule has 2 heterocycles. The zero-order chi connectivity index (χ0) is 19.0. The largest absolute Gasteiger partial charge is 0.493 e. The first-order valence-corrected chi connectivity index (χ1v) is 8.45. The van der Waals surface area contributed by atoms with Gasteiger partial charge in [0.25, 0.3) is 0 Å². The highest BCUT2D eigenvalue weighted by Crippen LogP contribution is 2.40. The molecule has 3 aromatic rings. The Labute approximate surface area is 155 Å². The van der Waals surface area contributed by atoms with Crippen LogP contribution in [0.1, 0.15) is 23.6 Å². The van der Waals surface area contributed by atoms with Crippen molar-refractivity contribution in [1.29, 1.82) is 0 Å². The predicted octanol–water partition coefficient (Wildman–Crippen LogP) is 3.50. The molecule has 0 saturated heterocycles. The Morgan fingerprint density at radius 3 is 2.56 bits per heavy atom. The lowest BCUT2D eigenvalue weighted by Crippen LogP contribution is -2.25. The number of hydrogen-bond acceptors (Lipinski definition) is 4. The number of amides is 1. The summed E-state index contributed by atoms with van der Waals surface area (Å²) >= 11 is 0. The molecular weight excluding hydrogens is 349 g/mol. The van der Waals surface area contributed by atoms with Gasteiger partial charge in [-0.1, -0.05) is 6.07 Å². The molecule has 0 radical (unpaired) electrons. The van der Waals surface area contributed by atoms with Gasteiger partial charge in [-0.05, 0) is 42.0 Å². The topological polar surface area (TPSA) is 65.4 Å². The highest BCUT2D eigenvalue weighted by Gasteiger charge is 2.31. The maximum absolute atomic E-state index is 13.2. The molecule has 4 rings (SSSR count). The van der Waals surface area contributed by atoms with E-state index in [-0.39, 0.29) is 24.1 Å². The predicted molar refractivity (Wildman–Crippen MR) is 98.2 cm³/mol. The van der Waals surface area contributed by atoms with E-state index in [2.05, 4.69) is 10.3 Å². The number of fused-ring (bicyclic) bond motifs is 1. The number of hydrogen-bond donors (Lipinski definition) is 1. The van der Waals surface area contributed by atoms with Crippen molar-refractivity contribution in [3.05, 3.63) is 65.9 Å². The van der Waals surface area contributed by atoms with Crippen molar-refractivity contribution >= 4 is 11.7 Å². The summed E-state index contributed by atoms with van der Waals surface area (Å²) in [5.74, 6) is 1.18. The van der Waals surface area contributed by atoms with Gasteiger partial charge in [0.1, 0.15) is 18.0 Å². The van der Waals surface area contributed by atoms with Crippen LogP contribution in [0, 0.1) is 5.82 Å². The van der Waals surface area contributed by atoms with E-state index in [0.717, 1.165) is 16.9 Å². The van der Waals surface area contributed by atoms with Crippen LogP contribution >= 0.6 is 0 Å². The molecule has 0 spiro atoms. The lowest BCUT2D eigenvalue weighted by molar-refractivity contribution is -0.116. The van der Waals surface area contributed by atoms with Crippen molar-refractivity contribution in [2.75, 3.05) is 19.5 Å². The molecule has 7 heteroatoms. The maximum atomic E-state index is 13.2. The van der Waals surface area contributed by atoms with Gasteiger partial charge in [0.2, 0.25) is 5.91 Å².